The standard InChI is InChI=1S/C22H35FO4/c1-4-5-13-21(3,23)16-12-19(25)22(15-9-11-18(22)24)14-8-6-7-10-17(2)20(26)27/h6,8,17H,4-5,7,9-16H2,1-3H3,(H,26,27)/t17-,21?,22+/m1/s1. The molecule has 0 aliphatic heterocycles. The number of carboxylic acid groups (broad SMARTS) is 1. The number of hydrogen-bond acceptors (Lipinski definition) is 3. The summed E-state index contributed by atoms with van der Waals surface area (Å²) < 4.78 is 14.5. The minimum absolute atomic E-state index is 0.0230. The maximum absolute atomic E-state index is 14.5. The minimum Gasteiger partial charge on any atom is -0.481 e. The number of rotatable bonds is 13. The Morgan fingerprint density at radius 2 is 2.04 bits per heavy atom. The SMILES string of the molecule is CCCCC(C)(F)CCC(=O)[C@@]1(CC=CCC[C@@H](C)C(=O)O)CCCC1=O. The van der Waals surface area contributed by atoms with E-state index in [1.165, 1.54) is 0 Å². The largest absolute Gasteiger partial charge is 0.481 e. The summed E-state index contributed by atoms with van der Waals surface area (Å²) in [6.45, 7) is 5.22. The molecule has 1 fully saturated rings. The lowest BCUT2D eigenvalue weighted by Gasteiger charge is -2.27. The fourth-order valence-electron chi connectivity index (χ4n) is 3.71. The summed E-state index contributed by atoms with van der Waals surface area (Å²) in [6, 6.07) is 0. The molecule has 0 aromatic heterocycles. The van der Waals surface area contributed by atoms with E-state index in [2.05, 4.69) is 0 Å². The second kappa shape index (κ2) is 10.7. The molecule has 1 aliphatic carbocycles. The van der Waals surface area contributed by atoms with Crippen LogP contribution in [0.3, 0.4) is 0 Å². The summed E-state index contributed by atoms with van der Waals surface area (Å²) in [6.07, 6.45) is 9.26. The Bertz CT molecular complexity index is 553. The maximum Gasteiger partial charge on any atom is 0.306 e. The second-order valence-electron chi connectivity index (χ2n) is 8.29. The molecule has 1 N–H and O–H groups in total. The molecule has 1 aliphatic rings. The number of carbonyl (C=O) groups excluding carboxylic acids is 2. The monoisotopic (exact) mass is 382 g/mol. The number of halogens is 1. The topological polar surface area (TPSA) is 71.4 Å². The number of allylic oxidation sites excluding steroid dienone is 2. The van der Waals surface area contributed by atoms with Crippen LogP contribution in [0.1, 0.15) is 91.4 Å². The molecule has 0 amide bonds. The Morgan fingerprint density at radius 1 is 1.33 bits per heavy atom. The first kappa shape index (κ1) is 23.5. The first-order valence-corrected chi connectivity index (χ1v) is 10.3. The Kier molecular flexibility index (Phi) is 9.34. The van der Waals surface area contributed by atoms with Crippen molar-refractivity contribution in [1.29, 1.82) is 0 Å². The van der Waals surface area contributed by atoms with Gasteiger partial charge in [-0.15, -0.1) is 0 Å². The van der Waals surface area contributed by atoms with E-state index >= 15 is 0 Å². The van der Waals surface area contributed by atoms with E-state index in [9.17, 15) is 18.8 Å². The van der Waals surface area contributed by atoms with Crippen LogP contribution in [-0.2, 0) is 14.4 Å². The second-order valence-corrected chi connectivity index (χ2v) is 8.29. The van der Waals surface area contributed by atoms with Gasteiger partial charge >= 0.3 is 5.97 Å². The average Bonchev–Trinajstić information content (AvgIpc) is 2.99. The number of unbranched alkanes of at least 4 members (excludes halogenated alkanes) is 1. The van der Waals surface area contributed by atoms with Crippen molar-refractivity contribution in [2.24, 2.45) is 11.3 Å². The van der Waals surface area contributed by atoms with Crippen LogP contribution in [0.5, 0.6) is 0 Å². The summed E-state index contributed by atoms with van der Waals surface area (Å²) >= 11 is 0. The summed E-state index contributed by atoms with van der Waals surface area (Å²) in [5.41, 5.74) is -2.35. The molecule has 0 spiro atoms. The van der Waals surface area contributed by atoms with Crippen molar-refractivity contribution in [3.05, 3.63) is 12.2 Å². The van der Waals surface area contributed by atoms with Crippen molar-refractivity contribution < 1.29 is 23.9 Å². The molecule has 154 valence electrons. The number of Topliss-reactive ketones (excluding diaryl/α,β-unsaturated/α-hetero) is 2. The van der Waals surface area contributed by atoms with Gasteiger partial charge in [-0.25, -0.2) is 4.39 Å². The van der Waals surface area contributed by atoms with Gasteiger partial charge in [0, 0.05) is 12.8 Å². The molecule has 0 aromatic carbocycles. The first-order valence-electron chi connectivity index (χ1n) is 10.3. The molecule has 1 rings (SSSR count). The van der Waals surface area contributed by atoms with Crippen LogP contribution in [0.2, 0.25) is 0 Å². The molecule has 0 aromatic rings. The summed E-state index contributed by atoms with van der Waals surface area (Å²) in [4.78, 5) is 36.2. The predicted octanol–water partition coefficient (Wildman–Crippen LogP) is 5.44. The van der Waals surface area contributed by atoms with Crippen LogP contribution in [-0.4, -0.2) is 28.3 Å². The first-order chi connectivity index (χ1) is 12.6. The Morgan fingerprint density at radius 3 is 2.59 bits per heavy atom. The van der Waals surface area contributed by atoms with E-state index in [-0.39, 0.29) is 24.4 Å². The normalized spacial score (nSPS) is 23.5. The molecule has 4 nitrogen and oxygen atoms in total. The molecule has 0 bridgehead atoms. The number of carbonyl (C=O) groups is 3. The third kappa shape index (κ3) is 7.19. The molecule has 5 heteroatoms. The highest BCUT2D eigenvalue weighted by atomic mass is 19.1. The van der Waals surface area contributed by atoms with Crippen LogP contribution < -0.4 is 0 Å². The van der Waals surface area contributed by atoms with Crippen molar-refractivity contribution in [2.75, 3.05) is 0 Å². The van der Waals surface area contributed by atoms with Crippen molar-refractivity contribution in [3.8, 4) is 0 Å². The van der Waals surface area contributed by atoms with Gasteiger partial charge in [-0.2, -0.15) is 0 Å². The van der Waals surface area contributed by atoms with Gasteiger partial charge in [0.2, 0.25) is 0 Å². The third-order valence-electron chi connectivity index (χ3n) is 5.82. The van der Waals surface area contributed by atoms with E-state index < -0.39 is 23.0 Å². The molecular formula is C22H35FO4. The molecule has 0 heterocycles. The molecule has 0 radical (unpaired) electrons. The van der Waals surface area contributed by atoms with Gasteiger partial charge in [0.15, 0.2) is 0 Å². The number of carboxylic acids is 1. The number of aliphatic carboxylic acids is 1. The van der Waals surface area contributed by atoms with Crippen LogP contribution in [0.25, 0.3) is 0 Å². The smallest absolute Gasteiger partial charge is 0.306 e. The fraction of sp³-hybridized carbons (Fsp3) is 0.773. The highest BCUT2D eigenvalue weighted by Crippen LogP contribution is 2.41. The van der Waals surface area contributed by atoms with Crippen LogP contribution in [0.4, 0.5) is 4.39 Å². The molecule has 1 unspecified atom stereocenters. The highest BCUT2D eigenvalue weighted by molar-refractivity contribution is 6.08. The quantitative estimate of drug-likeness (QED) is 0.340. The van der Waals surface area contributed by atoms with Gasteiger partial charge in [-0.3, -0.25) is 14.4 Å². The minimum atomic E-state index is -1.36. The summed E-state index contributed by atoms with van der Waals surface area (Å²) in [7, 11) is 0. The van der Waals surface area contributed by atoms with Crippen molar-refractivity contribution >= 4 is 17.5 Å². The van der Waals surface area contributed by atoms with Crippen LogP contribution in [0, 0.1) is 11.3 Å². The lowest BCUT2D eigenvalue weighted by molar-refractivity contribution is -0.141. The predicted molar refractivity (Wildman–Crippen MR) is 104 cm³/mol. The molecular weight excluding hydrogens is 347 g/mol. The van der Waals surface area contributed by atoms with Crippen molar-refractivity contribution in [3.63, 3.8) is 0 Å². The van der Waals surface area contributed by atoms with Gasteiger partial charge in [-0.1, -0.05) is 38.8 Å². The summed E-state index contributed by atoms with van der Waals surface area (Å²) in [5, 5.41) is 8.89. The van der Waals surface area contributed by atoms with Crippen molar-refractivity contribution in [2.45, 2.75) is 97.1 Å². The number of hydrogen-bond donors (Lipinski definition) is 1. The third-order valence-corrected chi connectivity index (χ3v) is 5.82. The van der Waals surface area contributed by atoms with E-state index in [0.717, 1.165) is 12.8 Å². The van der Waals surface area contributed by atoms with Gasteiger partial charge in [0.1, 0.15) is 17.2 Å². The molecule has 0 saturated heterocycles. The van der Waals surface area contributed by atoms with E-state index in [4.69, 9.17) is 5.11 Å². The van der Waals surface area contributed by atoms with Crippen LogP contribution >= 0.6 is 0 Å². The maximum atomic E-state index is 14.5. The van der Waals surface area contributed by atoms with E-state index in [1.54, 1.807) is 13.8 Å². The highest BCUT2D eigenvalue weighted by Gasteiger charge is 2.47. The van der Waals surface area contributed by atoms with Gasteiger partial charge in [-0.05, 0) is 51.9 Å². The number of ketones is 2. The Balaban J connectivity index is 2.64. The zero-order valence-electron chi connectivity index (χ0n) is 17.1. The molecule has 3 atom stereocenters. The summed E-state index contributed by atoms with van der Waals surface area (Å²) in [5.74, 6) is -1.39. The zero-order valence-corrected chi connectivity index (χ0v) is 17.1. The van der Waals surface area contributed by atoms with Gasteiger partial charge < -0.3 is 5.11 Å². The lowest BCUT2D eigenvalue weighted by Crippen LogP contribution is -2.36. The van der Waals surface area contributed by atoms with Gasteiger partial charge in [0.25, 0.3) is 0 Å². The van der Waals surface area contributed by atoms with E-state index in [1.807, 2.05) is 19.1 Å². The fourth-order valence-corrected chi connectivity index (χ4v) is 3.71. The van der Waals surface area contributed by atoms with Crippen LogP contribution in [0.15, 0.2) is 12.2 Å². The Labute approximate surface area is 162 Å². The molecule has 27 heavy (non-hydrogen) atoms. The Hall–Kier alpha value is -1.52. The molecule has 1 saturated carbocycles. The van der Waals surface area contributed by atoms with Crippen molar-refractivity contribution in [1.82, 2.24) is 0 Å². The number of alkyl halides is 1. The zero-order chi connectivity index (χ0) is 20.5. The van der Waals surface area contributed by atoms with Gasteiger partial charge in [0.05, 0.1) is 11.3 Å². The van der Waals surface area contributed by atoms with E-state index in [0.29, 0.717) is 44.9 Å². The average molecular weight is 383 g/mol. The lowest BCUT2D eigenvalue weighted by atomic mass is 9.75.